The molecule has 32 heavy (non-hydrogen) atoms. The van der Waals surface area contributed by atoms with Gasteiger partial charge in [0, 0.05) is 12.1 Å². The van der Waals surface area contributed by atoms with Crippen LogP contribution < -0.4 is 9.96 Å². The van der Waals surface area contributed by atoms with Crippen molar-refractivity contribution in [3.05, 3.63) is 101 Å². The Morgan fingerprint density at radius 2 is 1.53 bits per heavy atom. The highest BCUT2D eigenvalue weighted by molar-refractivity contribution is 6.25. The molecule has 2 heterocycles. The van der Waals surface area contributed by atoms with Gasteiger partial charge in [0.15, 0.2) is 6.10 Å². The first kappa shape index (κ1) is 19.9. The number of para-hydroxylation sites is 1. The fourth-order valence-electron chi connectivity index (χ4n) is 4.55. The number of amides is 2. The van der Waals surface area contributed by atoms with Crippen LogP contribution in [0.2, 0.25) is 0 Å². The van der Waals surface area contributed by atoms with Gasteiger partial charge in [0.25, 0.3) is 11.6 Å². The number of hydrogen-bond acceptors (Lipinski definition) is 6. The van der Waals surface area contributed by atoms with E-state index in [9.17, 15) is 19.7 Å². The zero-order valence-corrected chi connectivity index (χ0v) is 17.1. The van der Waals surface area contributed by atoms with E-state index in [1.807, 2.05) is 60.7 Å². The summed E-state index contributed by atoms with van der Waals surface area (Å²) in [6, 6.07) is 23.6. The highest BCUT2D eigenvalue weighted by Gasteiger charge is 2.68. The van der Waals surface area contributed by atoms with E-state index < -0.39 is 34.3 Å². The molecule has 2 aliphatic heterocycles. The standard InChI is InChI=1S/C24H19N3O5/c1-24-20(16-9-4-2-5-10-16)26(17-11-6-3-7-12-17)32-21(24)22(28)25(23(24)29)18-13-8-14-19(15-18)27(30)31/h2-15,20-21H,1H3/t20-,21+,24-/m1/s1. The minimum atomic E-state index is -1.24. The van der Waals surface area contributed by atoms with Crippen LogP contribution in [0.3, 0.4) is 0 Å². The number of anilines is 2. The number of carbonyl (C=O) groups is 2. The van der Waals surface area contributed by atoms with Crippen LogP contribution in [0.15, 0.2) is 84.9 Å². The SMILES string of the molecule is C[C@]12C(=O)N(c3cccc([N+](=O)[O-])c3)C(=O)[C@@H]1ON(c1ccccc1)[C@@H]2c1ccccc1. The van der Waals surface area contributed by atoms with Crippen molar-refractivity contribution in [3.8, 4) is 0 Å². The van der Waals surface area contributed by atoms with Gasteiger partial charge in [0.05, 0.1) is 22.3 Å². The van der Waals surface area contributed by atoms with E-state index in [1.54, 1.807) is 12.0 Å². The topological polar surface area (TPSA) is 93.0 Å². The summed E-state index contributed by atoms with van der Waals surface area (Å²) in [5, 5.41) is 12.8. The molecule has 3 atom stereocenters. The van der Waals surface area contributed by atoms with Crippen molar-refractivity contribution >= 4 is 28.9 Å². The summed E-state index contributed by atoms with van der Waals surface area (Å²) in [6.07, 6.45) is -1.07. The Morgan fingerprint density at radius 1 is 0.906 bits per heavy atom. The van der Waals surface area contributed by atoms with Crippen molar-refractivity contribution in [1.29, 1.82) is 0 Å². The van der Waals surface area contributed by atoms with Crippen molar-refractivity contribution in [3.63, 3.8) is 0 Å². The molecule has 5 rings (SSSR count). The van der Waals surface area contributed by atoms with Crippen LogP contribution in [0.5, 0.6) is 0 Å². The highest BCUT2D eigenvalue weighted by Crippen LogP contribution is 2.55. The summed E-state index contributed by atoms with van der Waals surface area (Å²) in [5.41, 5.74) is 0.268. The van der Waals surface area contributed by atoms with E-state index in [2.05, 4.69) is 0 Å². The number of imide groups is 1. The van der Waals surface area contributed by atoms with E-state index in [0.717, 1.165) is 16.2 Å². The number of nitrogens with zero attached hydrogens (tertiary/aromatic N) is 3. The van der Waals surface area contributed by atoms with Crippen LogP contribution in [0.4, 0.5) is 17.1 Å². The van der Waals surface area contributed by atoms with Gasteiger partial charge in [0.1, 0.15) is 5.41 Å². The lowest BCUT2D eigenvalue weighted by atomic mass is 9.76. The van der Waals surface area contributed by atoms with Crippen LogP contribution >= 0.6 is 0 Å². The smallest absolute Gasteiger partial charge is 0.271 e. The van der Waals surface area contributed by atoms with Crippen LogP contribution in [0.25, 0.3) is 0 Å². The Labute approximate surface area is 183 Å². The third-order valence-electron chi connectivity index (χ3n) is 6.10. The van der Waals surface area contributed by atoms with E-state index >= 15 is 0 Å². The quantitative estimate of drug-likeness (QED) is 0.353. The molecular weight excluding hydrogens is 410 g/mol. The number of benzene rings is 3. The van der Waals surface area contributed by atoms with Gasteiger partial charge in [0.2, 0.25) is 5.91 Å². The second-order valence-electron chi connectivity index (χ2n) is 8.00. The fraction of sp³-hybridized carbons (Fsp3) is 0.167. The zero-order valence-electron chi connectivity index (χ0n) is 17.1. The van der Waals surface area contributed by atoms with Crippen molar-refractivity contribution in [2.75, 3.05) is 9.96 Å². The van der Waals surface area contributed by atoms with E-state index in [1.165, 1.54) is 24.3 Å². The third kappa shape index (κ3) is 2.80. The first-order valence-electron chi connectivity index (χ1n) is 10.1. The normalized spacial score (nSPS) is 24.7. The van der Waals surface area contributed by atoms with Crippen LogP contribution in [-0.4, -0.2) is 22.8 Å². The van der Waals surface area contributed by atoms with E-state index in [-0.39, 0.29) is 11.4 Å². The largest absolute Gasteiger partial charge is 0.273 e. The van der Waals surface area contributed by atoms with Crippen molar-refractivity contribution in [2.45, 2.75) is 19.1 Å². The molecule has 3 aromatic rings. The molecule has 0 N–H and O–H groups in total. The van der Waals surface area contributed by atoms with Gasteiger partial charge in [-0.3, -0.25) is 24.5 Å². The number of hydrogen-bond donors (Lipinski definition) is 0. The molecule has 0 unspecified atom stereocenters. The first-order valence-corrected chi connectivity index (χ1v) is 10.1. The molecule has 0 radical (unpaired) electrons. The molecule has 8 heteroatoms. The summed E-state index contributed by atoms with van der Waals surface area (Å²) in [6.45, 7) is 1.72. The lowest BCUT2D eigenvalue weighted by Crippen LogP contribution is -2.41. The molecule has 0 spiro atoms. The van der Waals surface area contributed by atoms with Gasteiger partial charge in [-0.25, -0.2) is 9.96 Å². The molecule has 0 aliphatic carbocycles. The van der Waals surface area contributed by atoms with Crippen molar-refractivity contribution < 1.29 is 19.3 Å². The number of nitro benzene ring substituents is 1. The fourth-order valence-corrected chi connectivity index (χ4v) is 4.55. The lowest BCUT2D eigenvalue weighted by molar-refractivity contribution is -0.384. The van der Waals surface area contributed by atoms with Gasteiger partial charge in [-0.15, -0.1) is 0 Å². The molecule has 0 aromatic heterocycles. The number of carbonyl (C=O) groups excluding carboxylic acids is 2. The summed E-state index contributed by atoms with van der Waals surface area (Å²) >= 11 is 0. The Kier molecular flexibility index (Phi) is 4.53. The van der Waals surface area contributed by atoms with Gasteiger partial charge in [-0.1, -0.05) is 54.6 Å². The molecule has 0 saturated carbocycles. The summed E-state index contributed by atoms with van der Waals surface area (Å²) < 4.78 is 0. The predicted molar refractivity (Wildman–Crippen MR) is 117 cm³/mol. The number of fused-ring (bicyclic) bond motifs is 1. The van der Waals surface area contributed by atoms with Crippen LogP contribution in [-0.2, 0) is 14.4 Å². The second-order valence-corrected chi connectivity index (χ2v) is 8.00. The number of hydroxylamine groups is 1. The number of nitro groups is 1. The number of non-ortho nitro benzene ring substituents is 1. The molecule has 0 bridgehead atoms. The second kappa shape index (κ2) is 7.28. The number of rotatable bonds is 4. The Balaban J connectivity index is 1.63. The minimum absolute atomic E-state index is 0.159. The van der Waals surface area contributed by atoms with Gasteiger partial charge in [-0.2, -0.15) is 0 Å². The molecule has 2 aliphatic rings. The molecular formula is C24H19N3O5. The van der Waals surface area contributed by atoms with Gasteiger partial charge >= 0.3 is 0 Å². The van der Waals surface area contributed by atoms with Crippen molar-refractivity contribution in [1.82, 2.24) is 0 Å². The minimum Gasteiger partial charge on any atom is -0.273 e. The Hall–Kier alpha value is -4.04. The first-order chi connectivity index (χ1) is 15.4. The van der Waals surface area contributed by atoms with Crippen molar-refractivity contribution in [2.24, 2.45) is 5.41 Å². The summed E-state index contributed by atoms with van der Waals surface area (Å²) in [7, 11) is 0. The molecule has 2 amide bonds. The predicted octanol–water partition coefficient (Wildman–Crippen LogP) is 4.04. The molecule has 2 saturated heterocycles. The van der Waals surface area contributed by atoms with Crippen LogP contribution in [0, 0.1) is 15.5 Å². The average molecular weight is 429 g/mol. The lowest BCUT2D eigenvalue weighted by Gasteiger charge is -2.32. The maximum absolute atomic E-state index is 13.8. The third-order valence-corrected chi connectivity index (χ3v) is 6.10. The van der Waals surface area contributed by atoms with E-state index in [4.69, 9.17) is 4.84 Å². The van der Waals surface area contributed by atoms with Gasteiger partial charge < -0.3 is 0 Å². The maximum atomic E-state index is 13.8. The highest BCUT2D eigenvalue weighted by atomic mass is 16.7. The zero-order chi connectivity index (χ0) is 22.5. The summed E-state index contributed by atoms with van der Waals surface area (Å²) in [5.74, 6) is -1.00. The molecule has 3 aromatic carbocycles. The molecule has 160 valence electrons. The maximum Gasteiger partial charge on any atom is 0.271 e. The summed E-state index contributed by atoms with van der Waals surface area (Å²) in [4.78, 5) is 45.0. The molecule has 8 nitrogen and oxygen atoms in total. The Bertz CT molecular complexity index is 1220. The van der Waals surface area contributed by atoms with E-state index in [0.29, 0.717) is 0 Å². The molecule has 2 fully saturated rings. The Morgan fingerprint density at radius 3 is 2.19 bits per heavy atom. The monoisotopic (exact) mass is 429 g/mol. The average Bonchev–Trinajstić information content (AvgIpc) is 3.23. The van der Waals surface area contributed by atoms with Crippen LogP contribution in [0.1, 0.15) is 18.5 Å². The van der Waals surface area contributed by atoms with Gasteiger partial charge in [-0.05, 0) is 30.7 Å².